The van der Waals surface area contributed by atoms with Gasteiger partial charge in [-0.25, -0.2) is 0 Å². The molecule has 0 bridgehead atoms. The normalized spacial score (nSPS) is 10.8. The Morgan fingerprint density at radius 1 is 1.67 bits per heavy atom. The van der Waals surface area contributed by atoms with Gasteiger partial charge in [0.05, 0.1) is 6.26 Å². The van der Waals surface area contributed by atoms with Crippen molar-refractivity contribution in [3.05, 3.63) is 30.2 Å². The number of hydrogen-bond donors (Lipinski definition) is 0. The first kappa shape index (κ1) is 6.43. The number of furan rings is 1. The summed E-state index contributed by atoms with van der Waals surface area (Å²) in [6, 6.07) is 3.72. The van der Waals surface area contributed by atoms with Crippen molar-refractivity contribution in [3.63, 3.8) is 0 Å². The van der Waals surface area contributed by atoms with E-state index in [0.717, 1.165) is 5.76 Å². The average Bonchev–Trinajstić information content (AvgIpc) is 2.34. The molecule has 1 aromatic rings. The van der Waals surface area contributed by atoms with Crippen LogP contribution in [0.5, 0.6) is 0 Å². The summed E-state index contributed by atoms with van der Waals surface area (Å²) in [6.45, 7) is 0. The lowest BCUT2D eigenvalue weighted by atomic mass is 10.4. The second-order valence-corrected chi connectivity index (χ2v) is 1.88. The minimum atomic E-state index is 0.528. The Balaban J connectivity index is 2.57. The van der Waals surface area contributed by atoms with Crippen molar-refractivity contribution in [3.8, 4) is 0 Å². The molecule has 0 spiro atoms. The van der Waals surface area contributed by atoms with Gasteiger partial charge >= 0.3 is 0 Å². The summed E-state index contributed by atoms with van der Waals surface area (Å²) in [6.07, 6.45) is 5.31. The van der Waals surface area contributed by atoms with Gasteiger partial charge in [0.15, 0.2) is 0 Å². The Bertz CT molecular complexity index is 177. The predicted octanol–water partition coefficient (Wildman–Crippen LogP) is 2.53. The minimum Gasteiger partial charge on any atom is -0.465 e. The summed E-state index contributed by atoms with van der Waals surface area (Å²) in [5.41, 5.74) is 0. The van der Waals surface area contributed by atoms with Crippen molar-refractivity contribution >= 4 is 17.7 Å². The van der Waals surface area contributed by atoms with Crippen LogP contribution in [0, 0.1) is 0 Å². The lowest BCUT2D eigenvalue weighted by Gasteiger charge is -1.78. The van der Waals surface area contributed by atoms with E-state index in [4.69, 9.17) is 16.0 Å². The molecule has 1 heterocycles. The molecule has 48 valence electrons. The Hall–Kier alpha value is -0.690. The second kappa shape index (κ2) is 3.36. The van der Waals surface area contributed by atoms with Crippen molar-refractivity contribution in [1.29, 1.82) is 0 Å². The molecule has 0 fully saturated rings. The van der Waals surface area contributed by atoms with Crippen LogP contribution in [0.3, 0.4) is 0 Å². The third-order valence-electron chi connectivity index (χ3n) is 0.914. The standard InChI is InChI=1S/C7H7ClO/c8-5-1-3-7-4-2-6-9-7/h1-4,6H,5H2. The summed E-state index contributed by atoms with van der Waals surface area (Å²) in [4.78, 5) is 0. The van der Waals surface area contributed by atoms with Crippen molar-refractivity contribution in [2.45, 2.75) is 0 Å². The Morgan fingerprint density at radius 3 is 3.11 bits per heavy atom. The lowest BCUT2D eigenvalue weighted by Crippen LogP contribution is -1.60. The van der Waals surface area contributed by atoms with Crippen LogP contribution in [0.15, 0.2) is 28.9 Å². The Labute approximate surface area is 58.9 Å². The smallest absolute Gasteiger partial charge is 0.126 e. The Kier molecular flexibility index (Phi) is 2.40. The predicted molar refractivity (Wildman–Crippen MR) is 38.5 cm³/mol. The van der Waals surface area contributed by atoms with Gasteiger partial charge in [0.1, 0.15) is 5.76 Å². The van der Waals surface area contributed by atoms with Gasteiger partial charge in [0.2, 0.25) is 0 Å². The monoisotopic (exact) mass is 142 g/mol. The van der Waals surface area contributed by atoms with Gasteiger partial charge in [-0.05, 0) is 18.2 Å². The number of alkyl halides is 1. The molecule has 1 aromatic heterocycles. The van der Waals surface area contributed by atoms with Crippen LogP contribution in [0.1, 0.15) is 5.76 Å². The van der Waals surface area contributed by atoms with Crippen LogP contribution < -0.4 is 0 Å². The number of rotatable bonds is 2. The third-order valence-corrected chi connectivity index (χ3v) is 1.09. The molecule has 0 saturated carbocycles. The quantitative estimate of drug-likeness (QED) is 0.579. The van der Waals surface area contributed by atoms with Crippen LogP contribution in [-0.2, 0) is 0 Å². The van der Waals surface area contributed by atoms with Crippen molar-refractivity contribution in [2.24, 2.45) is 0 Å². The molecule has 1 nitrogen and oxygen atoms in total. The fourth-order valence-corrected chi connectivity index (χ4v) is 0.636. The third kappa shape index (κ3) is 1.94. The topological polar surface area (TPSA) is 13.1 Å². The SMILES string of the molecule is ClCC=Cc1ccco1. The zero-order valence-corrected chi connectivity index (χ0v) is 5.64. The zero-order valence-electron chi connectivity index (χ0n) is 4.88. The molecule has 0 aliphatic heterocycles. The number of hydrogen-bond acceptors (Lipinski definition) is 1. The van der Waals surface area contributed by atoms with Crippen molar-refractivity contribution < 1.29 is 4.42 Å². The van der Waals surface area contributed by atoms with Gasteiger partial charge in [-0.2, -0.15) is 0 Å². The molecule has 0 unspecified atom stereocenters. The van der Waals surface area contributed by atoms with E-state index < -0.39 is 0 Å². The molecular weight excluding hydrogens is 136 g/mol. The number of allylic oxidation sites excluding steroid dienone is 1. The van der Waals surface area contributed by atoms with Crippen molar-refractivity contribution in [2.75, 3.05) is 5.88 Å². The van der Waals surface area contributed by atoms with Gasteiger partial charge in [-0.15, -0.1) is 11.6 Å². The highest BCUT2D eigenvalue weighted by molar-refractivity contribution is 6.19. The lowest BCUT2D eigenvalue weighted by molar-refractivity contribution is 0.557. The second-order valence-electron chi connectivity index (χ2n) is 1.57. The van der Waals surface area contributed by atoms with E-state index in [-0.39, 0.29) is 0 Å². The summed E-state index contributed by atoms with van der Waals surface area (Å²) < 4.78 is 4.99. The van der Waals surface area contributed by atoms with Crippen LogP contribution in [0.2, 0.25) is 0 Å². The first-order chi connectivity index (χ1) is 4.43. The first-order valence-corrected chi connectivity index (χ1v) is 3.23. The summed E-state index contributed by atoms with van der Waals surface area (Å²) in [5, 5.41) is 0. The maximum absolute atomic E-state index is 5.39. The van der Waals surface area contributed by atoms with E-state index in [1.807, 2.05) is 24.3 Å². The van der Waals surface area contributed by atoms with Gasteiger partial charge in [-0.3, -0.25) is 0 Å². The van der Waals surface area contributed by atoms with Gasteiger partial charge in [-0.1, -0.05) is 6.08 Å². The minimum absolute atomic E-state index is 0.528. The van der Waals surface area contributed by atoms with E-state index >= 15 is 0 Å². The molecular formula is C7H7ClO. The maximum atomic E-state index is 5.39. The molecule has 0 atom stereocenters. The molecule has 0 aliphatic carbocycles. The summed E-state index contributed by atoms with van der Waals surface area (Å²) >= 11 is 5.39. The van der Waals surface area contributed by atoms with Crippen LogP contribution in [-0.4, -0.2) is 5.88 Å². The molecule has 0 saturated heterocycles. The van der Waals surface area contributed by atoms with Gasteiger partial charge in [0, 0.05) is 5.88 Å². The van der Waals surface area contributed by atoms with Crippen LogP contribution in [0.4, 0.5) is 0 Å². The fraction of sp³-hybridized carbons (Fsp3) is 0.143. The molecule has 9 heavy (non-hydrogen) atoms. The molecule has 0 amide bonds. The highest BCUT2D eigenvalue weighted by Crippen LogP contribution is 2.01. The highest BCUT2D eigenvalue weighted by Gasteiger charge is 1.83. The van der Waals surface area contributed by atoms with Gasteiger partial charge in [0.25, 0.3) is 0 Å². The molecule has 1 rings (SSSR count). The molecule has 0 aliphatic rings. The summed E-state index contributed by atoms with van der Waals surface area (Å²) in [7, 11) is 0. The molecule has 2 heteroatoms. The van der Waals surface area contributed by atoms with Gasteiger partial charge < -0.3 is 4.42 Å². The summed E-state index contributed by atoms with van der Waals surface area (Å²) in [5.74, 6) is 1.37. The van der Waals surface area contributed by atoms with E-state index in [1.165, 1.54) is 0 Å². The molecule has 0 N–H and O–H groups in total. The van der Waals surface area contributed by atoms with E-state index in [2.05, 4.69) is 0 Å². The zero-order chi connectivity index (χ0) is 6.53. The first-order valence-electron chi connectivity index (χ1n) is 2.69. The van der Waals surface area contributed by atoms with E-state index in [1.54, 1.807) is 6.26 Å². The largest absolute Gasteiger partial charge is 0.465 e. The van der Waals surface area contributed by atoms with Crippen molar-refractivity contribution in [1.82, 2.24) is 0 Å². The molecule has 0 radical (unpaired) electrons. The Morgan fingerprint density at radius 2 is 2.56 bits per heavy atom. The maximum Gasteiger partial charge on any atom is 0.126 e. The average molecular weight is 143 g/mol. The van der Waals surface area contributed by atoms with Crippen LogP contribution in [0.25, 0.3) is 6.08 Å². The highest BCUT2D eigenvalue weighted by atomic mass is 35.5. The fourth-order valence-electron chi connectivity index (χ4n) is 0.547. The van der Waals surface area contributed by atoms with Crippen LogP contribution >= 0.6 is 11.6 Å². The van der Waals surface area contributed by atoms with E-state index in [0.29, 0.717) is 5.88 Å². The van der Waals surface area contributed by atoms with E-state index in [9.17, 15) is 0 Å². The molecule has 0 aromatic carbocycles. The number of halogens is 1.